The van der Waals surface area contributed by atoms with Gasteiger partial charge >= 0.3 is 13.0 Å². The van der Waals surface area contributed by atoms with Gasteiger partial charge in [-0.3, -0.25) is 0 Å². The molecule has 0 radical (unpaired) electrons. The first kappa shape index (κ1) is 9.60. The molecule has 0 aliphatic rings. The van der Waals surface area contributed by atoms with Gasteiger partial charge in [-0.15, -0.1) is 0 Å². The third-order valence-electron chi connectivity index (χ3n) is 1.51. The minimum Gasteiger partial charge on any atom is -0.478 e. The highest BCUT2D eigenvalue weighted by molar-refractivity contribution is 6.52. The van der Waals surface area contributed by atoms with Crippen molar-refractivity contribution in [3.8, 4) is 0 Å². The molecule has 0 unspecified atom stereocenters. The fraction of sp³-hybridized carbons (Fsp3) is 0.125. The van der Waals surface area contributed by atoms with Crippen LogP contribution >= 0.6 is 0 Å². The molecule has 13 heavy (non-hydrogen) atoms. The van der Waals surface area contributed by atoms with Crippen LogP contribution in [0.2, 0.25) is 6.82 Å². The molecule has 5 heteroatoms. The number of benzene rings is 1. The van der Waals surface area contributed by atoms with E-state index in [2.05, 4.69) is 5.23 Å². The summed E-state index contributed by atoms with van der Waals surface area (Å²) in [5, 5.41) is 20.3. The van der Waals surface area contributed by atoms with Crippen molar-refractivity contribution in [3.63, 3.8) is 0 Å². The van der Waals surface area contributed by atoms with E-state index in [-0.39, 0.29) is 5.56 Å². The molecule has 0 amide bonds. The number of hydrogen-bond donors (Lipinski definition) is 3. The molecule has 4 nitrogen and oxygen atoms in total. The van der Waals surface area contributed by atoms with E-state index in [0.717, 1.165) is 0 Å². The topological polar surface area (TPSA) is 69.6 Å². The summed E-state index contributed by atoms with van der Waals surface area (Å²) in [7, 11) is -0.643. The van der Waals surface area contributed by atoms with Crippen LogP contribution < -0.4 is 5.23 Å². The first-order chi connectivity index (χ1) is 6.09. The molecule has 0 aromatic heterocycles. The van der Waals surface area contributed by atoms with Gasteiger partial charge in [0.05, 0.1) is 5.56 Å². The summed E-state index contributed by atoms with van der Waals surface area (Å²) < 4.78 is 0. The predicted octanol–water partition coefficient (Wildman–Crippen LogP) is 0.907. The van der Waals surface area contributed by atoms with E-state index >= 15 is 0 Å². The fourth-order valence-corrected chi connectivity index (χ4v) is 0.950. The van der Waals surface area contributed by atoms with E-state index in [1.807, 2.05) is 0 Å². The molecule has 0 saturated heterocycles. The Bertz CT molecular complexity index is 297. The quantitative estimate of drug-likeness (QED) is 0.603. The summed E-state index contributed by atoms with van der Waals surface area (Å²) in [4.78, 5) is 10.5. The summed E-state index contributed by atoms with van der Waals surface area (Å²) in [5.74, 6) is -0.955. The Labute approximate surface area is 76.3 Å². The van der Waals surface area contributed by atoms with Crippen LogP contribution in [0.1, 0.15) is 10.4 Å². The molecule has 0 bridgehead atoms. The highest BCUT2D eigenvalue weighted by Gasteiger charge is 2.04. The number of anilines is 1. The van der Waals surface area contributed by atoms with Crippen LogP contribution in [0.25, 0.3) is 0 Å². The zero-order chi connectivity index (χ0) is 9.84. The SMILES string of the molecule is CB(O)Nc1ccc(C(=O)O)cc1. The molecule has 0 heterocycles. The normalized spacial score (nSPS) is 9.38. The van der Waals surface area contributed by atoms with Crippen molar-refractivity contribution >= 4 is 18.7 Å². The Balaban J connectivity index is 2.75. The van der Waals surface area contributed by atoms with Gasteiger partial charge in [0.25, 0.3) is 0 Å². The number of hydrogen-bond acceptors (Lipinski definition) is 3. The molecule has 1 aromatic carbocycles. The van der Waals surface area contributed by atoms with Crippen molar-refractivity contribution < 1.29 is 14.9 Å². The Kier molecular flexibility index (Phi) is 2.92. The highest BCUT2D eigenvalue weighted by atomic mass is 16.4. The van der Waals surface area contributed by atoms with E-state index in [1.165, 1.54) is 12.1 Å². The van der Waals surface area contributed by atoms with Crippen molar-refractivity contribution in [2.75, 3.05) is 5.23 Å². The third kappa shape index (κ3) is 2.80. The van der Waals surface area contributed by atoms with Crippen LogP contribution in [0.15, 0.2) is 24.3 Å². The molecule has 1 rings (SSSR count). The first-order valence-corrected chi connectivity index (χ1v) is 3.87. The Morgan fingerprint density at radius 2 is 1.92 bits per heavy atom. The average molecular weight is 179 g/mol. The van der Waals surface area contributed by atoms with Crippen molar-refractivity contribution in [1.82, 2.24) is 0 Å². The lowest BCUT2D eigenvalue weighted by Crippen LogP contribution is -2.19. The standard InChI is InChI=1S/C8H10BNO3/c1-9(13)10-7-4-2-6(3-5-7)8(11)12/h2-5,10,13H,1H3,(H,11,12). The van der Waals surface area contributed by atoms with Crippen molar-refractivity contribution in [1.29, 1.82) is 0 Å². The number of carboxylic acid groups (broad SMARTS) is 1. The molecule has 0 spiro atoms. The Morgan fingerprint density at radius 3 is 2.31 bits per heavy atom. The summed E-state index contributed by atoms with van der Waals surface area (Å²) in [6.07, 6.45) is 0. The van der Waals surface area contributed by atoms with E-state index in [0.29, 0.717) is 5.69 Å². The van der Waals surface area contributed by atoms with Gasteiger partial charge in [-0.1, -0.05) is 0 Å². The minimum absolute atomic E-state index is 0.233. The van der Waals surface area contributed by atoms with Gasteiger partial charge < -0.3 is 15.4 Å². The summed E-state index contributed by atoms with van der Waals surface area (Å²) in [6.45, 7) is 1.59. The second-order valence-electron chi connectivity index (χ2n) is 2.70. The molecule has 0 fully saturated rings. The van der Waals surface area contributed by atoms with Crippen LogP contribution in [0.5, 0.6) is 0 Å². The second kappa shape index (κ2) is 3.95. The van der Waals surface area contributed by atoms with Gasteiger partial charge in [-0.25, -0.2) is 4.79 Å². The van der Waals surface area contributed by atoms with Gasteiger partial charge in [0.1, 0.15) is 0 Å². The van der Waals surface area contributed by atoms with Crippen LogP contribution in [0.3, 0.4) is 0 Å². The zero-order valence-corrected chi connectivity index (χ0v) is 7.19. The van der Waals surface area contributed by atoms with Gasteiger partial charge in [-0.05, 0) is 31.1 Å². The smallest absolute Gasteiger partial charge is 0.406 e. The molecule has 0 atom stereocenters. The third-order valence-corrected chi connectivity index (χ3v) is 1.51. The van der Waals surface area contributed by atoms with Gasteiger partial charge in [-0.2, -0.15) is 0 Å². The summed E-state index contributed by atoms with van der Waals surface area (Å²) in [6, 6.07) is 6.17. The lowest BCUT2D eigenvalue weighted by molar-refractivity contribution is 0.0697. The number of aromatic carboxylic acids is 1. The van der Waals surface area contributed by atoms with E-state index in [9.17, 15) is 4.79 Å². The summed E-state index contributed by atoms with van der Waals surface area (Å²) >= 11 is 0. The second-order valence-corrected chi connectivity index (χ2v) is 2.70. The molecule has 1 aromatic rings. The van der Waals surface area contributed by atoms with E-state index in [4.69, 9.17) is 10.1 Å². The Morgan fingerprint density at radius 1 is 1.38 bits per heavy atom. The Hall–Kier alpha value is -1.49. The molecule has 0 saturated carbocycles. The lowest BCUT2D eigenvalue weighted by Gasteiger charge is -2.05. The maximum atomic E-state index is 10.5. The van der Waals surface area contributed by atoms with E-state index < -0.39 is 13.0 Å². The molecule has 3 N–H and O–H groups in total. The maximum Gasteiger partial charge on any atom is 0.406 e. The molecule has 0 aliphatic carbocycles. The number of carboxylic acids is 1. The number of carbonyl (C=O) groups is 1. The van der Waals surface area contributed by atoms with Crippen molar-refractivity contribution in [2.24, 2.45) is 0 Å². The monoisotopic (exact) mass is 179 g/mol. The number of rotatable bonds is 3. The van der Waals surface area contributed by atoms with Crippen LogP contribution in [0, 0.1) is 0 Å². The van der Waals surface area contributed by atoms with Crippen LogP contribution in [-0.4, -0.2) is 23.2 Å². The van der Waals surface area contributed by atoms with Gasteiger partial charge in [0.15, 0.2) is 0 Å². The molecule has 0 aliphatic heterocycles. The molecule has 68 valence electrons. The van der Waals surface area contributed by atoms with E-state index in [1.54, 1.807) is 19.0 Å². The predicted molar refractivity (Wildman–Crippen MR) is 50.9 cm³/mol. The van der Waals surface area contributed by atoms with Crippen molar-refractivity contribution in [2.45, 2.75) is 6.82 Å². The van der Waals surface area contributed by atoms with Gasteiger partial charge in [0, 0.05) is 5.69 Å². The zero-order valence-electron chi connectivity index (χ0n) is 7.19. The lowest BCUT2D eigenvalue weighted by atomic mass is 9.88. The first-order valence-electron chi connectivity index (χ1n) is 3.87. The largest absolute Gasteiger partial charge is 0.478 e. The van der Waals surface area contributed by atoms with Crippen LogP contribution in [-0.2, 0) is 0 Å². The van der Waals surface area contributed by atoms with Crippen LogP contribution in [0.4, 0.5) is 5.69 Å². The molecular weight excluding hydrogens is 169 g/mol. The average Bonchev–Trinajstić information content (AvgIpc) is 2.04. The highest BCUT2D eigenvalue weighted by Crippen LogP contribution is 2.09. The minimum atomic E-state index is -0.955. The maximum absolute atomic E-state index is 10.5. The number of nitrogens with one attached hydrogen (secondary N) is 1. The van der Waals surface area contributed by atoms with Crippen molar-refractivity contribution in [3.05, 3.63) is 29.8 Å². The summed E-state index contributed by atoms with van der Waals surface area (Å²) in [5.41, 5.74) is 0.927. The molecular formula is C8H10BNO3. The fourth-order valence-electron chi connectivity index (χ4n) is 0.950. The van der Waals surface area contributed by atoms with Gasteiger partial charge in [0.2, 0.25) is 0 Å².